The highest BCUT2D eigenvalue weighted by Crippen LogP contribution is 2.17. The molecule has 0 heterocycles. The lowest BCUT2D eigenvalue weighted by Crippen LogP contribution is -2.29. The van der Waals surface area contributed by atoms with E-state index in [1.807, 2.05) is 31.2 Å². The first-order valence-corrected chi connectivity index (χ1v) is 7.52. The lowest BCUT2D eigenvalue weighted by molar-refractivity contribution is 0.0839. The van der Waals surface area contributed by atoms with Gasteiger partial charge in [-0.1, -0.05) is 37.0 Å². The molecule has 0 aromatic heterocycles. The molecule has 2 rings (SSSR count). The summed E-state index contributed by atoms with van der Waals surface area (Å²) in [6.45, 7) is 2.03. The first kappa shape index (κ1) is 15.4. The molecule has 0 spiro atoms. The summed E-state index contributed by atoms with van der Waals surface area (Å²) in [5.74, 6) is 1.06. The average Bonchev–Trinajstić information content (AvgIpc) is 2.50. The highest BCUT2D eigenvalue weighted by molar-refractivity contribution is 5.27. The van der Waals surface area contributed by atoms with E-state index in [9.17, 15) is 0 Å². The van der Waals surface area contributed by atoms with Crippen LogP contribution in [0.3, 0.4) is 0 Å². The Kier molecular flexibility index (Phi) is 6.16. The third kappa shape index (κ3) is 5.92. The number of allylic oxidation sites excluding steroid dienone is 2. The molecule has 1 aromatic carbocycles. The van der Waals surface area contributed by atoms with Gasteiger partial charge in [-0.2, -0.15) is 5.48 Å². The van der Waals surface area contributed by atoms with Gasteiger partial charge in [0.2, 0.25) is 0 Å². The number of hydroxylamine groups is 1. The van der Waals surface area contributed by atoms with Crippen LogP contribution >= 0.6 is 0 Å². The van der Waals surface area contributed by atoms with E-state index in [-0.39, 0.29) is 0 Å². The van der Waals surface area contributed by atoms with Crippen LogP contribution in [0.1, 0.15) is 37.7 Å². The van der Waals surface area contributed by atoms with Gasteiger partial charge in [-0.25, -0.2) is 0 Å². The molecule has 1 aliphatic rings. The van der Waals surface area contributed by atoms with Crippen LogP contribution in [0.5, 0.6) is 5.75 Å². The van der Waals surface area contributed by atoms with Crippen molar-refractivity contribution in [1.82, 2.24) is 5.48 Å². The van der Waals surface area contributed by atoms with Crippen molar-refractivity contribution in [3.8, 4) is 5.75 Å². The molecule has 3 N–H and O–H groups in total. The summed E-state index contributed by atoms with van der Waals surface area (Å²) < 4.78 is 5.48. The zero-order chi connectivity index (χ0) is 14.9. The number of hydrogen-bond acceptors (Lipinski definition) is 4. The maximum absolute atomic E-state index is 5.78. The van der Waals surface area contributed by atoms with Gasteiger partial charge in [-0.15, -0.1) is 0 Å². The fraction of sp³-hybridized carbons (Fsp3) is 0.412. The quantitative estimate of drug-likeness (QED) is 0.477. The van der Waals surface area contributed by atoms with Crippen molar-refractivity contribution in [1.29, 1.82) is 0 Å². The molecule has 0 unspecified atom stereocenters. The van der Waals surface area contributed by atoms with E-state index >= 15 is 0 Å². The summed E-state index contributed by atoms with van der Waals surface area (Å²) in [5, 5.41) is 0. The normalized spacial score (nSPS) is 17.1. The number of hydrogen-bond donors (Lipinski definition) is 2. The molecule has 1 aromatic rings. The monoisotopic (exact) mass is 288 g/mol. The summed E-state index contributed by atoms with van der Waals surface area (Å²) in [7, 11) is 0. The van der Waals surface area contributed by atoms with Crippen molar-refractivity contribution in [2.24, 2.45) is 5.73 Å². The van der Waals surface area contributed by atoms with Crippen LogP contribution in [-0.2, 0) is 4.84 Å². The number of ether oxygens (including phenoxy) is 1. The Labute approximate surface area is 126 Å². The van der Waals surface area contributed by atoms with E-state index in [4.69, 9.17) is 15.3 Å². The van der Waals surface area contributed by atoms with Crippen molar-refractivity contribution >= 4 is 0 Å². The maximum atomic E-state index is 5.78. The Balaban J connectivity index is 1.69. The van der Waals surface area contributed by atoms with Gasteiger partial charge in [-0.05, 0) is 38.0 Å². The molecule has 0 saturated heterocycles. The smallest absolute Gasteiger partial charge is 0.190 e. The number of rotatable bonds is 6. The zero-order valence-electron chi connectivity index (χ0n) is 12.5. The number of nitrogens with two attached hydrogens (primary N) is 1. The van der Waals surface area contributed by atoms with Crippen LogP contribution in [0.15, 0.2) is 48.6 Å². The van der Waals surface area contributed by atoms with Gasteiger partial charge < -0.3 is 15.3 Å². The molecule has 0 atom stereocenters. The average molecular weight is 288 g/mol. The predicted molar refractivity (Wildman–Crippen MR) is 84.3 cm³/mol. The highest BCUT2D eigenvalue weighted by Gasteiger charge is 2.12. The second kappa shape index (κ2) is 8.37. The van der Waals surface area contributed by atoms with E-state index in [1.165, 1.54) is 37.7 Å². The zero-order valence-corrected chi connectivity index (χ0v) is 12.5. The number of benzene rings is 1. The Hall–Kier alpha value is -1.94. The summed E-state index contributed by atoms with van der Waals surface area (Å²) in [6, 6.07) is 8.21. The van der Waals surface area contributed by atoms with Crippen LogP contribution in [-0.4, -0.2) is 6.04 Å². The maximum Gasteiger partial charge on any atom is 0.190 e. The SMILES string of the molecule is Cc1ccc(O/C(N)=C\C=C\ONC2CCCCC2)cc1. The molecule has 1 saturated carbocycles. The Morgan fingerprint density at radius 1 is 1.19 bits per heavy atom. The van der Waals surface area contributed by atoms with Crippen molar-refractivity contribution < 1.29 is 9.57 Å². The predicted octanol–water partition coefficient (Wildman–Crippen LogP) is 3.54. The summed E-state index contributed by atoms with van der Waals surface area (Å²) >= 11 is 0. The topological polar surface area (TPSA) is 56.5 Å². The summed E-state index contributed by atoms with van der Waals surface area (Å²) in [5.41, 5.74) is 10.0. The Morgan fingerprint density at radius 2 is 1.90 bits per heavy atom. The van der Waals surface area contributed by atoms with Crippen LogP contribution in [0.4, 0.5) is 0 Å². The van der Waals surface area contributed by atoms with Gasteiger partial charge in [0.05, 0.1) is 0 Å². The van der Waals surface area contributed by atoms with Crippen LogP contribution in [0, 0.1) is 6.92 Å². The molecule has 4 nitrogen and oxygen atoms in total. The van der Waals surface area contributed by atoms with Gasteiger partial charge >= 0.3 is 0 Å². The Bertz CT molecular complexity index is 474. The van der Waals surface area contributed by atoms with Gasteiger partial charge in [0.1, 0.15) is 12.0 Å². The Morgan fingerprint density at radius 3 is 2.62 bits per heavy atom. The first-order chi connectivity index (χ1) is 10.2. The third-order valence-electron chi connectivity index (χ3n) is 3.50. The molecule has 0 radical (unpaired) electrons. The van der Waals surface area contributed by atoms with Crippen molar-refractivity contribution in [3.63, 3.8) is 0 Å². The van der Waals surface area contributed by atoms with Gasteiger partial charge in [0.25, 0.3) is 0 Å². The lowest BCUT2D eigenvalue weighted by Gasteiger charge is -2.21. The standard InChI is InChI=1S/C17H24N2O2/c1-14-9-11-16(12-10-14)21-17(18)8-5-13-20-19-15-6-3-2-4-7-15/h5,8-13,15,19H,2-4,6-7,18H2,1H3/b13-5+,17-8-. The number of nitrogens with one attached hydrogen (secondary N) is 1. The van der Waals surface area contributed by atoms with E-state index in [0.29, 0.717) is 11.9 Å². The number of aryl methyl sites for hydroxylation is 1. The minimum absolute atomic E-state index is 0.330. The molecule has 0 aliphatic heterocycles. The highest BCUT2D eigenvalue weighted by atomic mass is 16.6. The summed E-state index contributed by atoms with van der Waals surface area (Å²) in [4.78, 5) is 5.30. The van der Waals surface area contributed by atoms with E-state index in [2.05, 4.69) is 5.48 Å². The summed E-state index contributed by atoms with van der Waals surface area (Å²) in [6.07, 6.45) is 11.2. The van der Waals surface area contributed by atoms with Gasteiger partial charge in [0, 0.05) is 12.1 Å². The molecule has 0 amide bonds. The fourth-order valence-corrected chi connectivity index (χ4v) is 2.31. The van der Waals surface area contributed by atoms with E-state index in [1.54, 1.807) is 18.4 Å². The molecular weight excluding hydrogens is 264 g/mol. The van der Waals surface area contributed by atoms with Crippen LogP contribution < -0.4 is 16.0 Å². The lowest BCUT2D eigenvalue weighted by atomic mass is 9.96. The van der Waals surface area contributed by atoms with Crippen molar-refractivity contribution in [2.75, 3.05) is 0 Å². The van der Waals surface area contributed by atoms with Crippen LogP contribution in [0.2, 0.25) is 0 Å². The minimum Gasteiger partial charge on any atom is -0.442 e. The van der Waals surface area contributed by atoms with Crippen molar-refractivity contribution in [3.05, 3.63) is 54.1 Å². The third-order valence-corrected chi connectivity index (χ3v) is 3.50. The molecular formula is C17H24N2O2. The molecule has 0 bridgehead atoms. The van der Waals surface area contributed by atoms with Crippen LogP contribution in [0.25, 0.3) is 0 Å². The van der Waals surface area contributed by atoms with Gasteiger partial charge in [0.15, 0.2) is 5.88 Å². The molecule has 1 fully saturated rings. The second-order valence-corrected chi connectivity index (χ2v) is 5.38. The van der Waals surface area contributed by atoms with Crippen molar-refractivity contribution in [2.45, 2.75) is 45.1 Å². The first-order valence-electron chi connectivity index (χ1n) is 7.52. The van der Waals surface area contributed by atoms with Gasteiger partial charge in [-0.3, -0.25) is 0 Å². The fourth-order valence-electron chi connectivity index (χ4n) is 2.31. The minimum atomic E-state index is 0.330. The molecule has 114 valence electrons. The molecule has 21 heavy (non-hydrogen) atoms. The largest absolute Gasteiger partial charge is 0.442 e. The van der Waals surface area contributed by atoms with E-state index < -0.39 is 0 Å². The molecule has 4 heteroatoms. The van der Waals surface area contributed by atoms with E-state index in [0.717, 1.165) is 5.75 Å². The molecule has 1 aliphatic carbocycles. The second-order valence-electron chi connectivity index (χ2n) is 5.38.